The first kappa shape index (κ1) is 8.44. The summed E-state index contributed by atoms with van der Waals surface area (Å²) >= 11 is 1.52. The fourth-order valence-corrected chi connectivity index (χ4v) is 2.21. The van der Waals surface area contributed by atoms with Gasteiger partial charge in [0.15, 0.2) is 0 Å². The highest BCUT2D eigenvalue weighted by molar-refractivity contribution is 7.10. The van der Waals surface area contributed by atoms with Crippen molar-refractivity contribution in [3.63, 3.8) is 0 Å². The maximum atomic E-state index is 11.3. The SMILES string of the molecule is O=C1CCC(c2cccs2)C(=O)O1. The minimum atomic E-state index is -0.405. The van der Waals surface area contributed by atoms with Crippen LogP contribution in [0.3, 0.4) is 0 Å². The van der Waals surface area contributed by atoms with Crippen LogP contribution < -0.4 is 0 Å². The third kappa shape index (κ3) is 1.62. The molecule has 3 nitrogen and oxygen atoms in total. The van der Waals surface area contributed by atoms with Gasteiger partial charge in [-0.25, -0.2) is 0 Å². The summed E-state index contributed by atoms with van der Waals surface area (Å²) in [6.07, 6.45) is 0.923. The van der Waals surface area contributed by atoms with E-state index in [4.69, 9.17) is 0 Å². The molecule has 1 aliphatic rings. The number of hydrogen-bond donors (Lipinski definition) is 0. The molecule has 2 rings (SSSR count). The van der Waals surface area contributed by atoms with E-state index >= 15 is 0 Å². The average molecular weight is 196 g/mol. The van der Waals surface area contributed by atoms with Crippen LogP contribution in [0.15, 0.2) is 17.5 Å². The standard InChI is InChI=1S/C9H8O3S/c10-8-4-3-6(9(11)12-8)7-2-1-5-13-7/h1-2,5-6H,3-4H2. The summed E-state index contributed by atoms with van der Waals surface area (Å²) in [7, 11) is 0. The van der Waals surface area contributed by atoms with E-state index in [0.717, 1.165) is 4.88 Å². The van der Waals surface area contributed by atoms with Crippen molar-refractivity contribution in [1.29, 1.82) is 0 Å². The summed E-state index contributed by atoms with van der Waals surface area (Å²) in [6, 6.07) is 3.79. The third-order valence-corrected chi connectivity index (χ3v) is 3.01. The summed E-state index contributed by atoms with van der Waals surface area (Å²) < 4.78 is 4.55. The average Bonchev–Trinajstić information content (AvgIpc) is 2.56. The van der Waals surface area contributed by atoms with E-state index in [9.17, 15) is 9.59 Å². The molecule has 0 radical (unpaired) electrons. The zero-order chi connectivity index (χ0) is 9.26. The molecule has 68 valence electrons. The van der Waals surface area contributed by atoms with Gasteiger partial charge >= 0.3 is 11.9 Å². The molecule has 1 aliphatic heterocycles. The van der Waals surface area contributed by atoms with Gasteiger partial charge in [0.05, 0.1) is 5.92 Å². The van der Waals surface area contributed by atoms with E-state index < -0.39 is 11.9 Å². The Kier molecular flexibility index (Phi) is 2.14. The lowest BCUT2D eigenvalue weighted by atomic mass is 10.00. The molecule has 1 aromatic rings. The van der Waals surface area contributed by atoms with E-state index in [-0.39, 0.29) is 5.92 Å². The van der Waals surface area contributed by atoms with Crippen molar-refractivity contribution in [2.24, 2.45) is 0 Å². The van der Waals surface area contributed by atoms with Gasteiger partial charge in [-0.05, 0) is 17.9 Å². The predicted molar refractivity (Wildman–Crippen MR) is 47.4 cm³/mol. The molecule has 4 heteroatoms. The van der Waals surface area contributed by atoms with Gasteiger partial charge in [0.1, 0.15) is 0 Å². The fraction of sp³-hybridized carbons (Fsp3) is 0.333. The Balaban J connectivity index is 2.17. The van der Waals surface area contributed by atoms with Crippen LogP contribution in [0, 0.1) is 0 Å². The summed E-state index contributed by atoms with van der Waals surface area (Å²) in [5.41, 5.74) is 0. The molecule has 0 aliphatic carbocycles. The number of cyclic esters (lactones) is 2. The van der Waals surface area contributed by atoms with Crippen molar-refractivity contribution in [1.82, 2.24) is 0 Å². The first-order valence-electron chi connectivity index (χ1n) is 4.05. The molecule has 0 saturated carbocycles. The highest BCUT2D eigenvalue weighted by Gasteiger charge is 2.30. The zero-order valence-electron chi connectivity index (χ0n) is 6.86. The van der Waals surface area contributed by atoms with Crippen molar-refractivity contribution in [3.8, 4) is 0 Å². The number of carbonyl (C=O) groups is 2. The van der Waals surface area contributed by atoms with Crippen LogP contribution in [0.5, 0.6) is 0 Å². The Morgan fingerprint density at radius 1 is 1.46 bits per heavy atom. The first-order chi connectivity index (χ1) is 6.27. The van der Waals surface area contributed by atoms with Crippen molar-refractivity contribution in [2.75, 3.05) is 0 Å². The number of esters is 2. The van der Waals surface area contributed by atoms with E-state index in [0.29, 0.717) is 12.8 Å². The molecule has 0 aromatic carbocycles. The summed E-state index contributed by atoms with van der Waals surface area (Å²) in [5, 5.41) is 1.92. The van der Waals surface area contributed by atoms with Gasteiger partial charge in [0.2, 0.25) is 0 Å². The molecular weight excluding hydrogens is 188 g/mol. The van der Waals surface area contributed by atoms with E-state index in [2.05, 4.69) is 4.74 Å². The lowest BCUT2D eigenvalue weighted by Gasteiger charge is -2.17. The van der Waals surface area contributed by atoms with Gasteiger partial charge in [-0.2, -0.15) is 0 Å². The second kappa shape index (κ2) is 3.30. The monoisotopic (exact) mass is 196 g/mol. The largest absolute Gasteiger partial charge is 0.393 e. The van der Waals surface area contributed by atoms with Crippen LogP contribution in [0.25, 0.3) is 0 Å². The zero-order valence-corrected chi connectivity index (χ0v) is 7.67. The Hall–Kier alpha value is -1.16. The molecule has 1 fully saturated rings. The number of ether oxygens (including phenoxy) is 1. The van der Waals surface area contributed by atoms with Crippen LogP contribution >= 0.6 is 11.3 Å². The van der Waals surface area contributed by atoms with Crippen LogP contribution in [0.1, 0.15) is 23.6 Å². The molecule has 1 aromatic heterocycles. The van der Waals surface area contributed by atoms with Gasteiger partial charge in [-0.1, -0.05) is 6.07 Å². The Bertz CT molecular complexity index is 329. The molecular formula is C9H8O3S. The maximum Gasteiger partial charge on any atom is 0.321 e. The van der Waals surface area contributed by atoms with Gasteiger partial charge in [-0.15, -0.1) is 11.3 Å². The van der Waals surface area contributed by atoms with Crippen LogP contribution in [0.2, 0.25) is 0 Å². The number of rotatable bonds is 1. The number of carbonyl (C=O) groups excluding carboxylic acids is 2. The van der Waals surface area contributed by atoms with Crippen molar-refractivity contribution >= 4 is 23.3 Å². The van der Waals surface area contributed by atoms with Crippen molar-refractivity contribution in [3.05, 3.63) is 22.4 Å². The van der Waals surface area contributed by atoms with Gasteiger partial charge in [0, 0.05) is 11.3 Å². The topological polar surface area (TPSA) is 43.4 Å². The normalized spacial score (nSPS) is 22.9. The van der Waals surface area contributed by atoms with Crippen LogP contribution in [-0.2, 0) is 14.3 Å². The van der Waals surface area contributed by atoms with Crippen molar-refractivity contribution < 1.29 is 14.3 Å². The molecule has 0 spiro atoms. The lowest BCUT2D eigenvalue weighted by Crippen LogP contribution is -2.25. The predicted octanol–water partition coefficient (Wildman–Crippen LogP) is 1.70. The fourth-order valence-electron chi connectivity index (χ4n) is 1.36. The molecule has 0 amide bonds. The highest BCUT2D eigenvalue weighted by atomic mass is 32.1. The molecule has 1 atom stereocenters. The smallest absolute Gasteiger partial charge is 0.321 e. The summed E-state index contributed by atoms with van der Waals surface area (Å²) in [5.74, 6) is -1.03. The third-order valence-electron chi connectivity index (χ3n) is 2.02. The van der Waals surface area contributed by atoms with Gasteiger partial charge in [0.25, 0.3) is 0 Å². The molecule has 0 N–H and O–H groups in total. The van der Waals surface area contributed by atoms with E-state index in [1.54, 1.807) is 0 Å². The summed E-state index contributed by atoms with van der Waals surface area (Å²) in [6.45, 7) is 0. The van der Waals surface area contributed by atoms with Crippen LogP contribution in [-0.4, -0.2) is 11.9 Å². The molecule has 1 unspecified atom stereocenters. The van der Waals surface area contributed by atoms with Gasteiger partial charge < -0.3 is 4.74 Å². The van der Waals surface area contributed by atoms with Crippen molar-refractivity contribution in [2.45, 2.75) is 18.8 Å². The second-order valence-corrected chi connectivity index (χ2v) is 3.88. The molecule has 13 heavy (non-hydrogen) atoms. The second-order valence-electron chi connectivity index (χ2n) is 2.90. The van der Waals surface area contributed by atoms with Crippen LogP contribution in [0.4, 0.5) is 0 Å². The Morgan fingerprint density at radius 3 is 2.92 bits per heavy atom. The maximum absolute atomic E-state index is 11.3. The Labute approximate surface area is 79.3 Å². The molecule has 1 saturated heterocycles. The molecule has 2 heterocycles. The number of hydrogen-bond acceptors (Lipinski definition) is 4. The van der Waals surface area contributed by atoms with Gasteiger partial charge in [-0.3, -0.25) is 9.59 Å². The van der Waals surface area contributed by atoms with E-state index in [1.807, 2.05) is 17.5 Å². The molecule has 0 bridgehead atoms. The highest BCUT2D eigenvalue weighted by Crippen LogP contribution is 2.29. The first-order valence-corrected chi connectivity index (χ1v) is 4.93. The lowest BCUT2D eigenvalue weighted by molar-refractivity contribution is -0.164. The minimum Gasteiger partial charge on any atom is -0.393 e. The quantitative estimate of drug-likeness (QED) is 0.507. The minimum absolute atomic E-state index is 0.224. The number of thiophene rings is 1. The van der Waals surface area contributed by atoms with E-state index in [1.165, 1.54) is 11.3 Å². The Morgan fingerprint density at radius 2 is 2.31 bits per heavy atom. The summed E-state index contributed by atoms with van der Waals surface area (Å²) in [4.78, 5) is 23.0.